The van der Waals surface area contributed by atoms with Crippen LogP contribution in [-0.2, 0) is 4.79 Å². The van der Waals surface area contributed by atoms with Crippen LogP contribution in [0.4, 0.5) is 0 Å². The van der Waals surface area contributed by atoms with E-state index in [9.17, 15) is 9.59 Å². The van der Waals surface area contributed by atoms with Gasteiger partial charge in [-0.2, -0.15) is 0 Å². The van der Waals surface area contributed by atoms with E-state index < -0.39 is 11.8 Å². The van der Waals surface area contributed by atoms with Gasteiger partial charge in [0, 0.05) is 6.20 Å². The first-order valence-electron chi connectivity index (χ1n) is 6.50. The van der Waals surface area contributed by atoms with Crippen molar-refractivity contribution < 1.29 is 14.0 Å². The first-order chi connectivity index (χ1) is 11.5. The lowest BCUT2D eigenvalue weighted by atomic mass is 10.4. The van der Waals surface area contributed by atoms with Crippen LogP contribution >= 0.6 is 35.0 Å². The van der Waals surface area contributed by atoms with Gasteiger partial charge in [-0.1, -0.05) is 35.0 Å². The van der Waals surface area contributed by atoms with Crippen LogP contribution in [0.2, 0.25) is 10.0 Å². The van der Waals surface area contributed by atoms with Crippen LogP contribution in [0.15, 0.2) is 40.2 Å². The topological polar surface area (TPSA) is 102 Å². The third kappa shape index (κ3) is 3.64. The summed E-state index contributed by atoms with van der Waals surface area (Å²) in [4.78, 5) is 23.4. The van der Waals surface area contributed by atoms with Crippen molar-refractivity contribution in [3.8, 4) is 0 Å². The first-order valence-corrected chi connectivity index (χ1v) is 8.24. The Hall–Kier alpha value is -2.23. The molecule has 0 radical (unpaired) electrons. The Morgan fingerprint density at radius 1 is 1.29 bits per heavy atom. The maximum absolute atomic E-state index is 11.8. The minimum Gasteiger partial charge on any atom is -0.459 e. The van der Waals surface area contributed by atoms with Crippen molar-refractivity contribution in [3.63, 3.8) is 0 Å². The van der Waals surface area contributed by atoms with E-state index in [0.29, 0.717) is 20.8 Å². The van der Waals surface area contributed by atoms with Gasteiger partial charge >= 0.3 is 5.91 Å². The number of fused-ring (bicyclic) bond motifs is 1. The molecular weight excluding hydrogens is 377 g/mol. The largest absolute Gasteiger partial charge is 0.459 e. The number of halogens is 2. The maximum Gasteiger partial charge on any atom is 0.305 e. The Labute approximate surface area is 149 Å². The number of nitrogens with one attached hydrogen (secondary N) is 2. The lowest BCUT2D eigenvalue weighted by molar-refractivity contribution is -0.119. The quantitative estimate of drug-likeness (QED) is 0.527. The number of hydrazine groups is 1. The van der Waals surface area contributed by atoms with Crippen LogP contribution in [0.25, 0.3) is 5.65 Å². The molecule has 0 saturated carbocycles. The molecule has 0 bridgehead atoms. The fraction of sp³-hybridized carbons (Fsp3) is 0.0769. The number of carbonyl (C=O) groups is 2. The normalized spacial score (nSPS) is 10.8. The number of carbonyl (C=O) groups excluding carboxylic acids is 2. The van der Waals surface area contributed by atoms with Gasteiger partial charge in [-0.15, -0.1) is 10.2 Å². The van der Waals surface area contributed by atoms with Gasteiger partial charge in [0.25, 0.3) is 0 Å². The van der Waals surface area contributed by atoms with Gasteiger partial charge in [0.1, 0.15) is 0 Å². The smallest absolute Gasteiger partial charge is 0.305 e. The van der Waals surface area contributed by atoms with Crippen LogP contribution < -0.4 is 10.9 Å². The molecule has 3 heterocycles. The van der Waals surface area contributed by atoms with Gasteiger partial charge in [-0.25, -0.2) is 0 Å². The minimum absolute atomic E-state index is 0.00333. The summed E-state index contributed by atoms with van der Waals surface area (Å²) in [5, 5.41) is 9.11. The molecular formula is C13H9Cl2N5O3S. The van der Waals surface area contributed by atoms with Crippen molar-refractivity contribution in [1.29, 1.82) is 0 Å². The highest BCUT2D eigenvalue weighted by atomic mass is 35.5. The molecule has 0 atom stereocenters. The van der Waals surface area contributed by atoms with Crippen molar-refractivity contribution in [3.05, 3.63) is 46.5 Å². The number of pyridine rings is 1. The fourth-order valence-corrected chi connectivity index (χ4v) is 2.98. The summed E-state index contributed by atoms with van der Waals surface area (Å²) in [6, 6.07) is 4.60. The monoisotopic (exact) mass is 385 g/mol. The van der Waals surface area contributed by atoms with E-state index in [2.05, 4.69) is 21.0 Å². The van der Waals surface area contributed by atoms with Crippen molar-refractivity contribution in [2.24, 2.45) is 0 Å². The fourth-order valence-electron chi connectivity index (χ4n) is 1.76. The second-order valence-corrected chi connectivity index (χ2v) is 6.24. The molecule has 0 fully saturated rings. The van der Waals surface area contributed by atoms with Gasteiger partial charge in [0.2, 0.25) is 5.91 Å². The predicted octanol–water partition coefficient (Wildman–Crippen LogP) is 2.18. The number of hydrogen-bond donors (Lipinski definition) is 2. The molecule has 0 saturated heterocycles. The summed E-state index contributed by atoms with van der Waals surface area (Å²) in [5.41, 5.74) is 4.95. The summed E-state index contributed by atoms with van der Waals surface area (Å²) >= 11 is 13.1. The van der Waals surface area contributed by atoms with Gasteiger partial charge in [0.05, 0.1) is 22.1 Å². The van der Waals surface area contributed by atoms with Crippen molar-refractivity contribution >= 4 is 52.4 Å². The van der Waals surface area contributed by atoms with E-state index in [1.54, 1.807) is 22.7 Å². The number of rotatable bonds is 4. The zero-order valence-corrected chi connectivity index (χ0v) is 14.2. The summed E-state index contributed by atoms with van der Waals surface area (Å²) in [6.45, 7) is 0. The third-order valence-corrected chi connectivity index (χ3v) is 4.22. The Morgan fingerprint density at radius 3 is 2.88 bits per heavy atom. The highest BCUT2D eigenvalue weighted by Crippen LogP contribution is 2.25. The van der Waals surface area contributed by atoms with E-state index >= 15 is 0 Å². The molecule has 3 aromatic rings. The minimum atomic E-state index is -0.551. The predicted molar refractivity (Wildman–Crippen MR) is 88.0 cm³/mol. The average Bonchev–Trinajstić information content (AvgIpc) is 3.20. The molecule has 0 aromatic carbocycles. The van der Waals surface area contributed by atoms with E-state index in [0.717, 1.165) is 11.8 Å². The van der Waals surface area contributed by atoms with Crippen LogP contribution in [0.3, 0.4) is 0 Å². The van der Waals surface area contributed by atoms with Crippen LogP contribution in [0, 0.1) is 0 Å². The van der Waals surface area contributed by atoms with Gasteiger partial charge in [0.15, 0.2) is 16.6 Å². The first kappa shape index (κ1) is 16.6. The second-order valence-electron chi connectivity index (χ2n) is 4.45. The Kier molecular flexibility index (Phi) is 4.93. The van der Waals surface area contributed by atoms with Crippen LogP contribution in [0.5, 0.6) is 0 Å². The second kappa shape index (κ2) is 7.12. The maximum atomic E-state index is 11.8. The van der Waals surface area contributed by atoms with E-state index in [-0.39, 0.29) is 11.5 Å². The number of aromatic nitrogens is 3. The molecule has 2 amide bonds. The van der Waals surface area contributed by atoms with Crippen molar-refractivity contribution in [1.82, 2.24) is 25.4 Å². The number of hydrogen-bond acceptors (Lipinski definition) is 6. The zero-order valence-electron chi connectivity index (χ0n) is 11.8. The number of amides is 2. The SMILES string of the molecule is O=C(CSc1nnc2c(Cl)cc(Cl)cn12)NNC(=O)c1ccco1. The van der Waals surface area contributed by atoms with Crippen molar-refractivity contribution in [2.45, 2.75) is 5.16 Å². The molecule has 0 aliphatic rings. The van der Waals surface area contributed by atoms with Crippen LogP contribution in [-0.4, -0.2) is 32.2 Å². The molecule has 24 heavy (non-hydrogen) atoms. The van der Waals surface area contributed by atoms with Gasteiger partial charge in [-0.3, -0.25) is 24.8 Å². The number of furan rings is 1. The molecule has 3 rings (SSSR count). The average molecular weight is 386 g/mol. The highest BCUT2D eigenvalue weighted by molar-refractivity contribution is 7.99. The highest BCUT2D eigenvalue weighted by Gasteiger charge is 2.13. The Morgan fingerprint density at radius 2 is 2.12 bits per heavy atom. The van der Waals surface area contributed by atoms with Gasteiger partial charge in [-0.05, 0) is 18.2 Å². The van der Waals surface area contributed by atoms with Crippen LogP contribution in [0.1, 0.15) is 10.6 Å². The molecule has 0 spiro atoms. The zero-order chi connectivity index (χ0) is 17.1. The molecule has 0 aliphatic carbocycles. The molecule has 0 aliphatic heterocycles. The molecule has 3 aromatic heterocycles. The summed E-state index contributed by atoms with van der Waals surface area (Å²) < 4.78 is 6.49. The lowest BCUT2D eigenvalue weighted by Gasteiger charge is -2.05. The lowest BCUT2D eigenvalue weighted by Crippen LogP contribution is -2.42. The van der Waals surface area contributed by atoms with E-state index in [4.69, 9.17) is 27.6 Å². The standard InChI is InChI=1S/C13H9Cl2N5O3S/c14-7-4-8(15)11-17-19-13(20(11)5-7)24-6-10(21)16-18-12(22)9-2-1-3-23-9/h1-5H,6H2,(H,16,21)(H,18,22). The van der Waals surface area contributed by atoms with E-state index in [1.165, 1.54) is 12.3 Å². The van der Waals surface area contributed by atoms with Crippen molar-refractivity contribution in [2.75, 3.05) is 5.75 Å². The Bertz CT molecular complexity index is 897. The van der Waals surface area contributed by atoms with Gasteiger partial charge < -0.3 is 4.42 Å². The number of thioether (sulfide) groups is 1. The molecule has 0 unspecified atom stereocenters. The summed E-state index contributed by atoms with van der Waals surface area (Å²) in [5.74, 6) is -0.881. The molecule has 124 valence electrons. The molecule has 8 nitrogen and oxygen atoms in total. The molecule has 11 heteroatoms. The Balaban J connectivity index is 1.58. The summed E-state index contributed by atoms with van der Waals surface area (Å²) in [6.07, 6.45) is 2.96. The van der Waals surface area contributed by atoms with E-state index in [1.807, 2.05) is 0 Å². The molecule has 2 N–H and O–H groups in total. The number of nitrogens with zero attached hydrogens (tertiary/aromatic N) is 3. The third-order valence-electron chi connectivity index (χ3n) is 2.79. The summed E-state index contributed by atoms with van der Waals surface area (Å²) in [7, 11) is 0.